The first kappa shape index (κ1) is 20.7. The van der Waals surface area contributed by atoms with E-state index in [-0.39, 0.29) is 0 Å². The first-order valence-corrected chi connectivity index (χ1v) is 9.52. The van der Waals surface area contributed by atoms with Crippen LogP contribution in [0.25, 0.3) is 0 Å². The Balaban J connectivity index is 0.000000596. The number of carboxylic acids is 1. The van der Waals surface area contributed by atoms with Crippen LogP contribution in [0, 0.1) is 0 Å². The number of benzene rings is 1. The SMILES string of the molecule is CC(=O)O.CCn1ccc(CSc2nnc(CN)n2Cc2ccccc2)n1. The van der Waals surface area contributed by atoms with E-state index >= 15 is 0 Å². The van der Waals surface area contributed by atoms with Gasteiger partial charge in [0.15, 0.2) is 5.16 Å². The van der Waals surface area contributed by atoms with Crippen LogP contribution in [-0.2, 0) is 30.2 Å². The Kier molecular flexibility index (Phi) is 8.02. The molecule has 0 bridgehead atoms. The molecule has 0 saturated heterocycles. The molecular weight excluding hydrogens is 364 g/mol. The molecule has 2 aromatic heterocycles. The molecule has 0 radical (unpaired) electrons. The summed E-state index contributed by atoms with van der Waals surface area (Å²) in [6.45, 7) is 5.15. The Morgan fingerprint density at radius 3 is 2.52 bits per heavy atom. The van der Waals surface area contributed by atoms with Gasteiger partial charge in [0.05, 0.1) is 18.8 Å². The van der Waals surface area contributed by atoms with E-state index in [0.717, 1.165) is 42.4 Å². The third-order valence-corrected chi connectivity index (χ3v) is 4.53. The number of aryl methyl sites for hydroxylation is 1. The Bertz CT molecular complexity index is 843. The molecule has 0 aliphatic heterocycles. The smallest absolute Gasteiger partial charge is 0.300 e. The van der Waals surface area contributed by atoms with E-state index in [1.807, 2.05) is 35.1 Å². The number of nitrogens with zero attached hydrogens (tertiary/aromatic N) is 5. The molecule has 0 unspecified atom stereocenters. The van der Waals surface area contributed by atoms with Gasteiger partial charge in [-0.05, 0) is 18.6 Å². The molecule has 1 aromatic carbocycles. The van der Waals surface area contributed by atoms with Crippen molar-refractivity contribution in [1.82, 2.24) is 24.5 Å². The highest BCUT2D eigenvalue weighted by Crippen LogP contribution is 2.22. The number of aliphatic carboxylic acids is 1. The molecule has 9 heteroatoms. The third kappa shape index (κ3) is 6.54. The maximum atomic E-state index is 9.00. The molecule has 0 atom stereocenters. The van der Waals surface area contributed by atoms with Gasteiger partial charge in [0.2, 0.25) is 0 Å². The van der Waals surface area contributed by atoms with Gasteiger partial charge in [-0.1, -0.05) is 42.1 Å². The van der Waals surface area contributed by atoms with Crippen molar-refractivity contribution in [3.05, 3.63) is 59.7 Å². The molecule has 0 amide bonds. The molecule has 0 fully saturated rings. The Hall–Kier alpha value is -2.65. The molecule has 27 heavy (non-hydrogen) atoms. The summed E-state index contributed by atoms with van der Waals surface area (Å²) in [5.41, 5.74) is 8.05. The second-order valence-corrected chi connectivity index (χ2v) is 6.59. The van der Waals surface area contributed by atoms with Crippen molar-refractivity contribution in [2.24, 2.45) is 5.73 Å². The molecule has 144 valence electrons. The number of hydrogen-bond donors (Lipinski definition) is 2. The fourth-order valence-electron chi connectivity index (χ4n) is 2.30. The second kappa shape index (κ2) is 10.5. The summed E-state index contributed by atoms with van der Waals surface area (Å²) in [4.78, 5) is 9.00. The van der Waals surface area contributed by atoms with E-state index in [1.165, 1.54) is 5.56 Å². The van der Waals surface area contributed by atoms with Crippen LogP contribution in [0.5, 0.6) is 0 Å². The van der Waals surface area contributed by atoms with Crippen LogP contribution < -0.4 is 5.73 Å². The van der Waals surface area contributed by atoms with Crippen LogP contribution in [-0.4, -0.2) is 35.6 Å². The zero-order chi connectivity index (χ0) is 19.6. The van der Waals surface area contributed by atoms with Gasteiger partial charge in [-0.3, -0.25) is 9.48 Å². The molecule has 2 heterocycles. The first-order chi connectivity index (χ1) is 13.0. The monoisotopic (exact) mass is 388 g/mol. The number of carboxylic acid groups (broad SMARTS) is 1. The standard InChI is InChI=1S/C16H20N6S.C2H4O2/c1-2-21-9-8-14(20-21)12-23-16-19-18-15(10-17)22(16)11-13-6-4-3-5-7-13;1-2(3)4/h3-9H,2,10-12,17H2,1H3;1H3,(H,3,4). The van der Waals surface area contributed by atoms with E-state index in [2.05, 4.69) is 38.9 Å². The molecule has 0 aliphatic carbocycles. The fraction of sp³-hybridized carbons (Fsp3) is 0.333. The highest BCUT2D eigenvalue weighted by molar-refractivity contribution is 7.98. The minimum absolute atomic E-state index is 0.380. The highest BCUT2D eigenvalue weighted by atomic mass is 32.2. The van der Waals surface area contributed by atoms with E-state index in [1.54, 1.807) is 11.8 Å². The highest BCUT2D eigenvalue weighted by Gasteiger charge is 2.12. The Labute approximate surface area is 162 Å². The van der Waals surface area contributed by atoms with Crippen LogP contribution in [0.3, 0.4) is 0 Å². The molecule has 0 aliphatic rings. The topological polar surface area (TPSA) is 112 Å². The van der Waals surface area contributed by atoms with E-state index in [4.69, 9.17) is 15.6 Å². The zero-order valence-corrected chi connectivity index (χ0v) is 16.3. The lowest BCUT2D eigenvalue weighted by molar-refractivity contribution is -0.134. The fourth-order valence-corrected chi connectivity index (χ4v) is 3.15. The van der Waals surface area contributed by atoms with Crippen LogP contribution >= 0.6 is 11.8 Å². The van der Waals surface area contributed by atoms with Gasteiger partial charge in [0, 0.05) is 25.4 Å². The maximum Gasteiger partial charge on any atom is 0.300 e. The van der Waals surface area contributed by atoms with Crippen molar-refractivity contribution in [3.63, 3.8) is 0 Å². The summed E-state index contributed by atoms with van der Waals surface area (Å²) in [6.07, 6.45) is 2.00. The average Bonchev–Trinajstić information content (AvgIpc) is 3.27. The minimum Gasteiger partial charge on any atom is -0.481 e. The Morgan fingerprint density at radius 2 is 1.93 bits per heavy atom. The number of nitrogens with two attached hydrogens (primary N) is 1. The van der Waals surface area contributed by atoms with Gasteiger partial charge in [-0.25, -0.2) is 0 Å². The Morgan fingerprint density at radius 1 is 1.22 bits per heavy atom. The molecule has 0 saturated carbocycles. The maximum absolute atomic E-state index is 9.00. The van der Waals surface area contributed by atoms with E-state index < -0.39 is 5.97 Å². The number of rotatable bonds is 7. The summed E-state index contributed by atoms with van der Waals surface area (Å²) >= 11 is 1.64. The van der Waals surface area contributed by atoms with Gasteiger partial charge in [-0.2, -0.15) is 5.10 Å². The summed E-state index contributed by atoms with van der Waals surface area (Å²) in [7, 11) is 0. The summed E-state index contributed by atoms with van der Waals surface area (Å²) in [5.74, 6) is 0.736. The van der Waals surface area contributed by atoms with E-state index in [0.29, 0.717) is 6.54 Å². The number of aromatic nitrogens is 5. The van der Waals surface area contributed by atoms with Crippen molar-refractivity contribution >= 4 is 17.7 Å². The lowest BCUT2D eigenvalue weighted by Gasteiger charge is -2.09. The quantitative estimate of drug-likeness (QED) is 0.598. The number of thioether (sulfide) groups is 1. The van der Waals surface area contributed by atoms with Gasteiger partial charge >= 0.3 is 0 Å². The molecule has 8 nitrogen and oxygen atoms in total. The van der Waals surface area contributed by atoms with Gasteiger partial charge < -0.3 is 15.4 Å². The largest absolute Gasteiger partial charge is 0.481 e. The van der Waals surface area contributed by atoms with Crippen LogP contribution in [0.1, 0.15) is 30.9 Å². The molecule has 3 rings (SSSR count). The minimum atomic E-state index is -0.833. The molecule has 0 spiro atoms. The lowest BCUT2D eigenvalue weighted by Crippen LogP contribution is -2.10. The summed E-state index contributed by atoms with van der Waals surface area (Å²) in [5, 5.41) is 21.3. The number of carbonyl (C=O) groups is 1. The van der Waals surface area contributed by atoms with E-state index in [9.17, 15) is 0 Å². The van der Waals surface area contributed by atoms with Crippen molar-refractivity contribution in [1.29, 1.82) is 0 Å². The zero-order valence-electron chi connectivity index (χ0n) is 15.4. The van der Waals surface area contributed by atoms with Crippen molar-refractivity contribution in [2.75, 3.05) is 0 Å². The van der Waals surface area contributed by atoms with Crippen molar-refractivity contribution in [3.8, 4) is 0 Å². The predicted molar refractivity (Wildman–Crippen MR) is 104 cm³/mol. The second-order valence-electron chi connectivity index (χ2n) is 5.65. The van der Waals surface area contributed by atoms with Crippen LogP contribution in [0.2, 0.25) is 0 Å². The van der Waals surface area contributed by atoms with Gasteiger partial charge in [0.1, 0.15) is 5.82 Å². The van der Waals surface area contributed by atoms with Gasteiger partial charge in [-0.15, -0.1) is 10.2 Å². The van der Waals surface area contributed by atoms with Crippen LogP contribution in [0.15, 0.2) is 47.8 Å². The molecule has 3 N–H and O–H groups in total. The summed E-state index contributed by atoms with van der Waals surface area (Å²) < 4.78 is 4.01. The normalized spacial score (nSPS) is 10.3. The predicted octanol–water partition coefficient (Wildman–Crippen LogP) is 2.38. The average molecular weight is 388 g/mol. The van der Waals surface area contributed by atoms with Crippen molar-refractivity contribution < 1.29 is 9.90 Å². The van der Waals surface area contributed by atoms with Crippen LogP contribution in [0.4, 0.5) is 0 Å². The van der Waals surface area contributed by atoms with Gasteiger partial charge in [0.25, 0.3) is 5.97 Å². The third-order valence-electron chi connectivity index (χ3n) is 3.53. The van der Waals surface area contributed by atoms with Crippen molar-refractivity contribution in [2.45, 2.75) is 44.4 Å². The molecular formula is C18H24N6O2S. The number of hydrogen-bond acceptors (Lipinski definition) is 6. The summed E-state index contributed by atoms with van der Waals surface area (Å²) in [6, 6.07) is 12.3. The molecule has 3 aromatic rings. The lowest BCUT2D eigenvalue weighted by atomic mass is 10.2. The first-order valence-electron chi connectivity index (χ1n) is 8.54.